The van der Waals surface area contributed by atoms with Gasteiger partial charge in [-0.2, -0.15) is 5.26 Å². The zero-order chi connectivity index (χ0) is 7.23. The third-order valence-electron chi connectivity index (χ3n) is 0.888. The molecule has 0 saturated heterocycles. The molecule has 0 saturated carbocycles. The second kappa shape index (κ2) is 3.36. The first-order valence-corrected chi connectivity index (χ1v) is 2.77. The van der Waals surface area contributed by atoms with Crippen LogP contribution in [0.3, 0.4) is 0 Å². The van der Waals surface area contributed by atoms with Crippen LogP contribution in [0.1, 0.15) is 0 Å². The number of allylic oxidation sites excluding steroid dienone is 3. The van der Waals surface area contributed by atoms with E-state index in [0.717, 1.165) is 0 Å². The van der Waals surface area contributed by atoms with E-state index in [1.165, 1.54) is 12.4 Å². The van der Waals surface area contributed by atoms with Crippen molar-refractivity contribution in [2.24, 2.45) is 9.98 Å². The van der Waals surface area contributed by atoms with Crippen molar-refractivity contribution in [3.05, 3.63) is 24.4 Å². The third kappa shape index (κ3) is 1.67. The zero-order valence-electron chi connectivity index (χ0n) is 5.23. The van der Waals surface area contributed by atoms with Gasteiger partial charge in [-0.05, 0) is 12.2 Å². The van der Waals surface area contributed by atoms with Crippen LogP contribution in [-0.4, -0.2) is 12.1 Å². The van der Waals surface area contributed by atoms with E-state index in [4.69, 9.17) is 5.26 Å². The van der Waals surface area contributed by atoms with Crippen molar-refractivity contribution in [2.75, 3.05) is 0 Å². The van der Waals surface area contributed by atoms with Crippen LogP contribution in [0.2, 0.25) is 0 Å². The molecule has 0 aromatic rings. The molecule has 3 nitrogen and oxygen atoms in total. The van der Waals surface area contributed by atoms with Crippen molar-refractivity contribution < 1.29 is 0 Å². The van der Waals surface area contributed by atoms with Crippen LogP contribution in [0.4, 0.5) is 0 Å². The molecule has 0 atom stereocenters. The van der Waals surface area contributed by atoms with Gasteiger partial charge in [-0.25, -0.2) is 9.98 Å². The molecule has 0 aromatic heterocycles. The molecule has 1 rings (SSSR count). The minimum absolute atomic E-state index is 0.181. The van der Waals surface area contributed by atoms with Crippen LogP contribution in [0.5, 0.6) is 0 Å². The maximum Gasteiger partial charge on any atom is 0.232 e. The van der Waals surface area contributed by atoms with Crippen molar-refractivity contribution in [3.8, 4) is 6.07 Å². The maximum absolute atomic E-state index is 8.36. The van der Waals surface area contributed by atoms with E-state index in [0.29, 0.717) is 0 Å². The van der Waals surface area contributed by atoms with Crippen LogP contribution in [0.25, 0.3) is 0 Å². The van der Waals surface area contributed by atoms with E-state index < -0.39 is 0 Å². The quantitative estimate of drug-likeness (QED) is 0.485. The summed E-state index contributed by atoms with van der Waals surface area (Å²) in [6, 6.07) is 1.84. The fourth-order valence-corrected chi connectivity index (χ4v) is 0.482. The van der Waals surface area contributed by atoms with Gasteiger partial charge in [0.15, 0.2) is 0 Å². The first kappa shape index (κ1) is 6.43. The fourth-order valence-electron chi connectivity index (χ4n) is 0.482. The molecule has 0 amide bonds. The smallest absolute Gasteiger partial charge is 0.228 e. The van der Waals surface area contributed by atoms with Gasteiger partial charge in [0.25, 0.3) is 0 Å². The standard InChI is InChI=1S/C7H5N3/c8-6-7-9-4-2-1-3-5-10-7/h1-5H/b2-1-,3-1?,4-2?,5-3-,9-4-,9-7?,10-5?,10-7-. The lowest BCUT2D eigenvalue weighted by atomic mass is 10.5. The highest BCUT2D eigenvalue weighted by atomic mass is 14.9. The topological polar surface area (TPSA) is 48.5 Å². The van der Waals surface area contributed by atoms with Gasteiger partial charge in [0.2, 0.25) is 5.84 Å². The van der Waals surface area contributed by atoms with Gasteiger partial charge in [-0.3, -0.25) is 0 Å². The third-order valence-corrected chi connectivity index (χ3v) is 0.888. The first-order chi connectivity index (χ1) is 4.93. The number of hydrogen-bond donors (Lipinski definition) is 0. The summed E-state index contributed by atoms with van der Waals surface area (Å²) in [6.45, 7) is 0. The van der Waals surface area contributed by atoms with Crippen LogP contribution in [0, 0.1) is 11.3 Å². The van der Waals surface area contributed by atoms with Crippen molar-refractivity contribution in [1.82, 2.24) is 0 Å². The summed E-state index contributed by atoms with van der Waals surface area (Å²) in [6.07, 6.45) is 8.34. The number of aliphatic imine (C=N–C) groups is 2. The van der Waals surface area contributed by atoms with Crippen molar-refractivity contribution in [2.45, 2.75) is 0 Å². The van der Waals surface area contributed by atoms with E-state index >= 15 is 0 Å². The Bertz CT molecular complexity index is 263. The molecule has 0 radical (unpaired) electrons. The lowest BCUT2D eigenvalue weighted by molar-refractivity contribution is 1.47. The Balaban J connectivity index is 2.86. The van der Waals surface area contributed by atoms with Gasteiger partial charge in [0.1, 0.15) is 6.07 Å². The van der Waals surface area contributed by atoms with Gasteiger partial charge in [0.05, 0.1) is 0 Å². The molecule has 0 unspecified atom stereocenters. The molecule has 1 aliphatic rings. The molecule has 0 spiro atoms. The highest BCUT2D eigenvalue weighted by Crippen LogP contribution is 1.86. The lowest BCUT2D eigenvalue weighted by Crippen LogP contribution is -1.87. The molecule has 3 heteroatoms. The molecule has 0 bridgehead atoms. The second-order valence-electron chi connectivity index (χ2n) is 1.57. The fraction of sp³-hybridized carbons (Fsp3) is 0. The van der Waals surface area contributed by atoms with Gasteiger partial charge < -0.3 is 0 Å². The Morgan fingerprint density at radius 1 is 1.30 bits per heavy atom. The molecule has 1 heterocycles. The second-order valence-corrected chi connectivity index (χ2v) is 1.57. The molecule has 0 aromatic carbocycles. The van der Waals surface area contributed by atoms with Crippen LogP contribution in [-0.2, 0) is 0 Å². The number of rotatable bonds is 0. The predicted molar refractivity (Wildman–Crippen MR) is 39.8 cm³/mol. The van der Waals surface area contributed by atoms with Crippen LogP contribution in [0.15, 0.2) is 34.4 Å². The molecule has 1 aliphatic heterocycles. The summed E-state index contributed by atoms with van der Waals surface area (Å²) in [7, 11) is 0. The summed E-state index contributed by atoms with van der Waals surface area (Å²) in [4.78, 5) is 7.46. The molecular formula is C7H5N3. The van der Waals surface area contributed by atoms with Crippen molar-refractivity contribution in [1.29, 1.82) is 5.26 Å². The Labute approximate surface area is 58.7 Å². The summed E-state index contributed by atoms with van der Waals surface area (Å²) >= 11 is 0. The van der Waals surface area contributed by atoms with E-state index in [1.807, 2.05) is 6.07 Å². The Morgan fingerprint density at radius 2 is 2.20 bits per heavy atom. The van der Waals surface area contributed by atoms with Gasteiger partial charge in [0, 0.05) is 12.4 Å². The Morgan fingerprint density at radius 3 is 3.00 bits per heavy atom. The molecule has 0 N–H and O–H groups in total. The van der Waals surface area contributed by atoms with Crippen LogP contribution >= 0.6 is 0 Å². The lowest BCUT2D eigenvalue weighted by Gasteiger charge is -1.84. The number of hydrogen-bond acceptors (Lipinski definition) is 3. The van der Waals surface area contributed by atoms with Gasteiger partial charge in [-0.1, -0.05) is 6.08 Å². The summed E-state index contributed by atoms with van der Waals surface area (Å²) < 4.78 is 0. The van der Waals surface area contributed by atoms with Crippen LogP contribution < -0.4 is 0 Å². The van der Waals surface area contributed by atoms with Crippen molar-refractivity contribution >= 4 is 12.1 Å². The minimum Gasteiger partial charge on any atom is -0.228 e. The van der Waals surface area contributed by atoms with E-state index in [-0.39, 0.29) is 5.84 Å². The minimum atomic E-state index is 0.181. The molecule has 10 heavy (non-hydrogen) atoms. The first-order valence-electron chi connectivity index (χ1n) is 2.77. The van der Waals surface area contributed by atoms with Gasteiger partial charge >= 0.3 is 0 Å². The SMILES string of the molecule is N#CC1=N/C=C\C=C/C=N\1. The summed E-state index contributed by atoms with van der Waals surface area (Å²) in [5.41, 5.74) is 0. The predicted octanol–water partition coefficient (Wildman–Crippen LogP) is 1.06. The number of nitrogens with zero attached hydrogens (tertiary/aromatic N) is 3. The average Bonchev–Trinajstić information content (AvgIpc) is 1.87. The molecule has 48 valence electrons. The Kier molecular flexibility index (Phi) is 2.16. The monoisotopic (exact) mass is 131 g/mol. The largest absolute Gasteiger partial charge is 0.232 e. The number of nitriles is 1. The van der Waals surface area contributed by atoms with E-state index in [2.05, 4.69) is 9.98 Å². The maximum atomic E-state index is 8.36. The average molecular weight is 131 g/mol. The number of amidine groups is 1. The van der Waals surface area contributed by atoms with Gasteiger partial charge in [-0.15, -0.1) is 0 Å². The Hall–Kier alpha value is -1.69. The van der Waals surface area contributed by atoms with E-state index in [1.54, 1.807) is 18.2 Å². The highest BCUT2D eigenvalue weighted by Gasteiger charge is 1.87. The molecule has 0 fully saturated rings. The summed E-state index contributed by atoms with van der Waals surface area (Å²) in [5.74, 6) is 0.181. The normalized spacial score (nSPS) is 30.1. The summed E-state index contributed by atoms with van der Waals surface area (Å²) in [5, 5.41) is 8.36. The molecule has 0 aliphatic carbocycles. The molecular weight excluding hydrogens is 126 g/mol. The zero-order valence-corrected chi connectivity index (χ0v) is 5.23. The highest BCUT2D eigenvalue weighted by molar-refractivity contribution is 6.03. The van der Waals surface area contributed by atoms with E-state index in [9.17, 15) is 0 Å². The van der Waals surface area contributed by atoms with Crippen molar-refractivity contribution in [3.63, 3.8) is 0 Å².